The van der Waals surface area contributed by atoms with E-state index in [0.717, 1.165) is 5.56 Å². The van der Waals surface area contributed by atoms with Crippen LogP contribution in [0.5, 0.6) is 0 Å². The van der Waals surface area contributed by atoms with Crippen LogP contribution in [-0.2, 0) is 0 Å². The van der Waals surface area contributed by atoms with Crippen LogP contribution >= 0.6 is 11.3 Å². The average molecular weight is 261 g/mol. The van der Waals surface area contributed by atoms with Crippen molar-refractivity contribution >= 4 is 11.3 Å². The Morgan fingerprint density at radius 2 is 1.94 bits per heavy atom. The second-order valence-electron chi connectivity index (χ2n) is 4.50. The van der Waals surface area contributed by atoms with Crippen LogP contribution in [0.1, 0.15) is 35.0 Å². The molecule has 2 nitrogen and oxygen atoms in total. The molecule has 0 saturated carbocycles. The van der Waals surface area contributed by atoms with Crippen LogP contribution in [0.2, 0.25) is 0 Å². The van der Waals surface area contributed by atoms with Crippen molar-refractivity contribution in [1.29, 1.82) is 0 Å². The first-order chi connectivity index (χ1) is 8.72. The molecule has 0 radical (unpaired) electrons. The first-order valence-electron chi connectivity index (χ1n) is 6.18. The minimum Gasteiger partial charge on any atom is -0.394 e. The van der Waals surface area contributed by atoms with Crippen molar-refractivity contribution < 1.29 is 5.11 Å². The SMILES string of the molecule is Cc1ccsc1C(C)NC(CO)c1ccccc1. The lowest BCUT2D eigenvalue weighted by Crippen LogP contribution is -2.27. The Morgan fingerprint density at radius 3 is 2.50 bits per heavy atom. The highest BCUT2D eigenvalue weighted by Gasteiger charge is 2.16. The Labute approximate surface area is 112 Å². The number of rotatable bonds is 5. The number of aliphatic hydroxyl groups excluding tert-OH is 1. The summed E-state index contributed by atoms with van der Waals surface area (Å²) in [4.78, 5) is 1.34. The van der Waals surface area contributed by atoms with Gasteiger partial charge in [-0.05, 0) is 36.4 Å². The summed E-state index contributed by atoms with van der Waals surface area (Å²) < 4.78 is 0. The number of benzene rings is 1. The largest absolute Gasteiger partial charge is 0.394 e. The van der Waals surface area contributed by atoms with E-state index in [2.05, 4.69) is 30.6 Å². The van der Waals surface area contributed by atoms with Crippen molar-refractivity contribution in [3.05, 3.63) is 57.8 Å². The minimum atomic E-state index is -0.0114. The molecular weight excluding hydrogens is 242 g/mol. The van der Waals surface area contributed by atoms with Gasteiger partial charge in [0.15, 0.2) is 0 Å². The first-order valence-corrected chi connectivity index (χ1v) is 7.06. The second-order valence-corrected chi connectivity index (χ2v) is 5.45. The average Bonchev–Trinajstić information content (AvgIpc) is 2.83. The lowest BCUT2D eigenvalue weighted by atomic mass is 10.1. The summed E-state index contributed by atoms with van der Waals surface area (Å²) >= 11 is 1.76. The number of hydrogen-bond donors (Lipinski definition) is 2. The van der Waals surface area contributed by atoms with Gasteiger partial charge in [-0.3, -0.25) is 0 Å². The Balaban J connectivity index is 2.10. The summed E-state index contributed by atoms with van der Waals surface area (Å²) in [6, 6.07) is 12.5. The fourth-order valence-electron chi connectivity index (χ4n) is 2.15. The maximum Gasteiger partial charge on any atom is 0.0626 e. The van der Waals surface area contributed by atoms with Gasteiger partial charge < -0.3 is 10.4 Å². The van der Waals surface area contributed by atoms with Gasteiger partial charge in [-0.2, -0.15) is 0 Å². The smallest absolute Gasteiger partial charge is 0.0626 e. The maximum atomic E-state index is 9.54. The molecule has 96 valence electrons. The number of hydrogen-bond acceptors (Lipinski definition) is 3. The quantitative estimate of drug-likeness (QED) is 0.864. The molecule has 0 fully saturated rings. The number of aliphatic hydroxyl groups is 1. The van der Waals surface area contributed by atoms with Gasteiger partial charge in [0.05, 0.1) is 12.6 Å². The molecular formula is C15H19NOS. The topological polar surface area (TPSA) is 32.3 Å². The van der Waals surface area contributed by atoms with Crippen LogP contribution < -0.4 is 5.32 Å². The molecule has 0 aliphatic heterocycles. The molecule has 1 aromatic carbocycles. The van der Waals surface area contributed by atoms with E-state index >= 15 is 0 Å². The Kier molecular flexibility index (Phi) is 4.53. The van der Waals surface area contributed by atoms with Crippen molar-refractivity contribution in [3.63, 3.8) is 0 Å². The van der Waals surface area contributed by atoms with Crippen LogP contribution in [0.25, 0.3) is 0 Å². The van der Waals surface area contributed by atoms with Crippen molar-refractivity contribution in [2.45, 2.75) is 25.9 Å². The summed E-state index contributed by atoms with van der Waals surface area (Å²) in [5.74, 6) is 0. The molecule has 18 heavy (non-hydrogen) atoms. The Morgan fingerprint density at radius 1 is 1.22 bits per heavy atom. The van der Waals surface area contributed by atoms with Gasteiger partial charge in [0.2, 0.25) is 0 Å². The minimum absolute atomic E-state index is 0.0114. The summed E-state index contributed by atoms with van der Waals surface area (Å²) in [6.45, 7) is 4.38. The molecule has 0 spiro atoms. The Hall–Kier alpha value is -1.16. The molecule has 0 aliphatic carbocycles. The zero-order valence-electron chi connectivity index (χ0n) is 10.8. The lowest BCUT2D eigenvalue weighted by molar-refractivity contribution is 0.236. The van der Waals surface area contributed by atoms with Crippen LogP contribution in [-0.4, -0.2) is 11.7 Å². The first kappa shape index (κ1) is 13.3. The third-order valence-electron chi connectivity index (χ3n) is 3.13. The van der Waals surface area contributed by atoms with Crippen LogP contribution in [0.15, 0.2) is 41.8 Å². The monoisotopic (exact) mass is 261 g/mol. The van der Waals surface area contributed by atoms with Gasteiger partial charge in [0, 0.05) is 10.9 Å². The van der Waals surface area contributed by atoms with E-state index in [9.17, 15) is 5.11 Å². The van der Waals surface area contributed by atoms with Gasteiger partial charge in [0.1, 0.15) is 0 Å². The zero-order valence-corrected chi connectivity index (χ0v) is 11.6. The third-order valence-corrected chi connectivity index (χ3v) is 4.33. The molecule has 0 aliphatic rings. The van der Waals surface area contributed by atoms with Gasteiger partial charge in [-0.15, -0.1) is 11.3 Å². The van der Waals surface area contributed by atoms with E-state index in [0.29, 0.717) is 0 Å². The fraction of sp³-hybridized carbons (Fsp3) is 0.333. The van der Waals surface area contributed by atoms with Crippen molar-refractivity contribution in [2.75, 3.05) is 6.61 Å². The summed E-state index contributed by atoms with van der Waals surface area (Å²) in [5, 5.41) is 15.1. The van der Waals surface area contributed by atoms with Gasteiger partial charge in [-0.25, -0.2) is 0 Å². The highest BCUT2D eigenvalue weighted by Crippen LogP contribution is 2.26. The standard InChI is InChI=1S/C15H19NOS/c1-11-8-9-18-15(11)12(2)16-14(10-17)13-6-4-3-5-7-13/h3-9,12,14,16-17H,10H2,1-2H3. The summed E-state index contributed by atoms with van der Waals surface area (Å²) in [5.41, 5.74) is 2.44. The zero-order chi connectivity index (χ0) is 13.0. The van der Waals surface area contributed by atoms with Crippen LogP contribution in [0.3, 0.4) is 0 Å². The second kappa shape index (κ2) is 6.14. The van der Waals surface area contributed by atoms with Crippen molar-refractivity contribution in [2.24, 2.45) is 0 Å². The van der Waals surface area contributed by atoms with E-state index < -0.39 is 0 Å². The molecule has 3 heteroatoms. The molecule has 0 bridgehead atoms. The van der Waals surface area contributed by atoms with E-state index in [1.165, 1.54) is 10.4 Å². The maximum absolute atomic E-state index is 9.54. The Bertz CT molecular complexity index is 480. The van der Waals surface area contributed by atoms with Crippen molar-refractivity contribution in [3.8, 4) is 0 Å². The van der Waals surface area contributed by atoms with E-state index in [1.54, 1.807) is 11.3 Å². The fourth-order valence-corrected chi connectivity index (χ4v) is 3.09. The van der Waals surface area contributed by atoms with E-state index in [1.807, 2.05) is 30.3 Å². The number of nitrogens with one attached hydrogen (secondary N) is 1. The molecule has 2 aromatic rings. The van der Waals surface area contributed by atoms with Gasteiger partial charge >= 0.3 is 0 Å². The molecule has 2 unspecified atom stereocenters. The molecule has 0 saturated heterocycles. The van der Waals surface area contributed by atoms with Crippen LogP contribution in [0, 0.1) is 6.92 Å². The van der Waals surface area contributed by atoms with Crippen molar-refractivity contribution in [1.82, 2.24) is 5.32 Å². The summed E-state index contributed by atoms with van der Waals surface area (Å²) in [7, 11) is 0. The third kappa shape index (κ3) is 2.99. The van der Waals surface area contributed by atoms with E-state index in [4.69, 9.17) is 0 Å². The summed E-state index contributed by atoms with van der Waals surface area (Å²) in [6.07, 6.45) is 0. The van der Waals surface area contributed by atoms with Gasteiger partial charge in [0.25, 0.3) is 0 Å². The highest BCUT2D eigenvalue weighted by atomic mass is 32.1. The number of aryl methyl sites for hydroxylation is 1. The highest BCUT2D eigenvalue weighted by molar-refractivity contribution is 7.10. The van der Waals surface area contributed by atoms with E-state index in [-0.39, 0.29) is 18.7 Å². The molecule has 1 aromatic heterocycles. The van der Waals surface area contributed by atoms with Gasteiger partial charge in [-0.1, -0.05) is 30.3 Å². The molecule has 2 N–H and O–H groups in total. The molecule has 2 rings (SSSR count). The normalized spacial score (nSPS) is 14.4. The molecule has 1 heterocycles. The lowest BCUT2D eigenvalue weighted by Gasteiger charge is -2.22. The predicted octanol–water partition coefficient (Wildman–Crippen LogP) is 3.44. The number of thiophene rings is 1. The molecule has 0 amide bonds. The molecule has 2 atom stereocenters. The predicted molar refractivity (Wildman–Crippen MR) is 76.9 cm³/mol. The van der Waals surface area contributed by atoms with Crippen LogP contribution in [0.4, 0.5) is 0 Å².